The van der Waals surface area contributed by atoms with Crippen molar-refractivity contribution in [3.05, 3.63) is 101 Å². The lowest BCUT2D eigenvalue weighted by molar-refractivity contribution is -0.137. The van der Waals surface area contributed by atoms with Crippen molar-refractivity contribution in [3.8, 4) is 5.75 Å². The number of carboxylic acids is 1. The summed E-state index contributed by atoms with van der Waals surface area (Å²) in [5.41, 5.74) is 2.27. The van der Waals surface area contributed by atoms with Gasteiger partial charge in [-0.05, 0) is 41.8 Å². The molecular formula is C24H21ClO4. The molecule has 0 saturated carbocycles. The van der Waals surface area contributed by atoms with Crippen LogP contribution in [-0.2, 0) is 11.4 Å². The van der Waals surface area contributed by atoms with Gasteiger partial charge in [0.15, 0.2) is 5.78 Å². The first kappa shape index (κ1) is 20.6. The first-order chi connectivity index (χ1) is 14.0. The van der Waals surface area contributed by atoms with E-state index < -0.39 is 11.9 Å². The van der Waals surface area contributed by atoms with Crippen LogP contribution in [-0.4, -0.2) is 16.9 Å². The van der Waals surface area contributed by atoms with Gasteiger partial charge in [0.2, 0.25) is 0 Å². The molecule has 0 aliphatic rings. The van der Waals surface area contributed by atoms with E-state index in [0.29, 0.717) is 22.9 Å². The van der Waals surface area contributed by atoms with Gasteiger partial charge in [-0.15, -0.1) is 0 Å². The summed E-state index contributed by atoms with van der Waals surface area (Å²) in [6.45, 7) is 0.401. The smallest absolute Gasteiger partial charge is 0.303 e. The monoisotopic (exact) mass is 408 g/mol. The number of hydrogen-bond acceptors (Lipinski definition) is 3. The summed E-state index contributed by atoms with van der Waals surface area (Å²) in [5, 5.41) is 9.64. The number of carbonyl (C=O) groups is 2. The van der Waals surface area contributed by atoms with Crippen molar-refractivity contribution in [1.82, 2.24) is 0 Å². The number of rotatable bonds is 9. The third-order valence-electron chi connectivity index (χ3n) is 4.60. The number of hydrogen-bond donors (Lipinski definition) is 1. The van der Waals surface area contributed by atoms with Crippen LogP contribution < -0.4 is 4.74 Å². The van der Waals surface area contributed by atoms with E-state index in [1.165, 1.54) is 0 Å². The second-order valence-corrected chi connectivity index (χ2v) is 7.14. The molecule has 0 bridgehead atoms. The number of benzene rings is 3. The van der Waals surface area contributed by atoms with Gasteiger partial charge in [0.25, 0.3) is 0 Å². The van der Waals surface area contributed by atoms with Crippen LogP contribution in [0.4, 0.5) is 0 Å². The Labute approximate surface area is 174 Å². The quantitative estimate of drug-likeness (QED) is 0.458. The molecule has 0 aliphatic heterocycles. The van der Waals surface area contributed by atoms with Gasteiger partial charge in [-0.3, -0.25) is 9.59 Å². The zero-order chi connectivity index (χ0) is 20.6. The lowest BCUT2D eigenvalue weighted by atomic mass is 9.87. The maximum absolute atomic E-state index is 13.2. The third-order valence-corrected chi connectivity index (χ3v) is 4.85. The molecule has 3 aromatic carbocycles. The molecule has 0 aliphatic carbocycles. The average molecular weight is 409 g/mol. The van der Waals surface area contributed by atoms with E-state index in [2.05, 4.69) is 0 Å². The SMILES string of the molecule is O=C(O)CC[C@H](C(=O)c1cccc(OCc2ccccc2)c1)c1ccc(Cl)cc1. The zero-order valence-electron chi connectivity index (χ0n) is 15.8. The van der Waals surface area contributed by atoms with E-state index >= 15 is 0 Å². The van der Waals surface area contributed by atoms with E-state index in [9.17, 15) is 9.59 Å². The summed E-state index contributed by atoms with van der Waals surface area (Å²) in [6, 6.07) is 23.7. The molecule has 1 atom stereocenters. The second kappa shape index (κ2) is 9.89. The molecule has 0 fully saturated rings. The van der Waals surface area contributed by atoms with Crippen LogP contribution in [0.3, 0.4) is 0 Å². The second-order valence-electron chi connectivity index (χ2n) is 6.70. The highest BCUT2D eigenvalue weighted by molar-refractivity contribution is 6.30. The maximum atomic E-state index is 13.2. The fraction of sp³-hybridized carbons (Fsp3) is 0.167. The number of ketones is 1. The van der Waals surface area contributed by atoms with E-state index in [-0.39, 0.29) is 18.6 Å². The molecule has 0 unspecified atom stereocenters. The molecular weight excluding hydrogens is 388 g/mol. The molecule has 3 aromatic rings. The number of ether oxygens (including phenoxy) is 1. The van der Waals surface area contributed by atoms with Crippen LogP contribution in [0.2, 0.25) is 5.02 Å². The minimum atomic E-state index is -0.934. The van der Waals surface area contributed by atoms with Crippen LogP contribution in [0.25, 0.3) is 0 Å². The molecule has 148 valence electrons. The highest BCUT2D eigenvalue weighted by Crippen LogP contribution is 2.28. The number of carboxylic acid groups (broad SMARTS) is 1. The van der Waals surface area contributed by atoms with Gasteiger partial charge < -0.3 is 9.84 Å². The van der Waals surface area contributed by atoms with Crippen molar-refractivity contribution in [2.24, 2.45) is 0 Å². The highest BCUT2D eigenvalue weighted by Gasteiger charge is 2.23. The summed E-state index contributed by atoms with van der Waals surface area (Å²) in [6.07, 6.45) is 0.119. The van der Waals surface area contributed by atoms with E-state index in [1.54, 1.807) is 48.5 Å². The predicted molar refractivity (Wildman–Crippen MR) is 113 cm³/mol. The van der Waals surface area contributed by atoms with Gasteiger partial charge >= 0.3 is 5.97 Å². The van der Waals surface area contributed by atoms with Crippen LogP contribution in [0.1, 0.15) is 40.2 Å². The number of Topliss-reactive ketones (excluding diaryl/α,β-unsaturated/α-hetero) is 1. The molecule has 4 nitrogen and oxygen atoms in total. The molecule has 1 N–H and O–H groups in total. The molecule has 3 rings (SSSR count). The maximum Gasteiger partial charge on any atom is 0.303 e. The molecule has 0 spiro atoms. The van der Waals surface area contributed by atoms with Crippen LogP contribution >= 0.6 is 11.6 Å². The topological polar surface area (TPSA) is 63.6 Å². The van der Waals surface area contributed by atoms with Crippen LogP contribution in [0, 0.1) is 0 Å². The first-order valence-electron chi connectivity index (χ1n) is 9.31. The Morgan fingerprint density at radius 1 is 0.931 bits per heavy atom. The lowest BCUT2D eigenvalue weighted by Gasteiger charge is -2.16. The van der Waals surface area contributed by atoms with Gasteiger partial charge in [-0.25, -0.2) is 0 Å². The molecule has 0 aromatic heterocycles. The normalized spacial score (nSPS) is 11.6. The number of halogens is 1. The molecule has 0 amide bonds. The Hall–Kier alpha value is -3.11. The molecule has 5 heteroatoms. The Morgan fingerprint density at radius 3 is 2.34 bits per heavy atom. The van der Waals surface area contributed by atoms with Crippen LogP contribution in [0.15, 0.2) is 78.9 Å². The lowest BCUT2D eigenvalue weighted by Crippen LogP contribution is -2.15. The van der Waals surface area contributed by atoms with Crippen molar-refractivity contribution in [3.63, 3.8) is 0 Å². The van der Waals surface area contributed by atoms with Gasteiger partial charge in [0.05, 0.1) is 0 Å². The Bertz CT molecular complexity index is 968. The minimum Gasteiger partial charge on any atom is -0.489 e. The summed E-state index contributed by atoms with van der Waals surface area (Å²) >= 11 is 5.95. The van der Waals surface area contributed by atoms with E-state index in [0.717, 1.165) is 11.1 Å². The van der Waals surface area contributed by atoms with Crippen molar-refractivity contribution < 1.29 is 19.4 Å². The molecule has 0 saturated heterocycles. The van der Waals surface area contributed by atoms with Crippen molar-refractivity contribution >= 4 is 23.4 Å². The van der Waals surface area contributed by atoms with E-state index in [4.69, 9.17) is 21.4 Å². The first-order valence-corrected chi connectivity index (χ1v) is 9.69. The van der Waals surface area contributed by atoms with Gasteiger partial charge in [-0.1, -0.05) is 66.2 Å². The zero-order valence-corrected chi connectivity index (χ0v) is 16.5. The molecule has 29 heavy (non-hydrogen) atoms. The Balaban J connectivity index is 1.79. The van der Waals surface area contributed by atoms with Gasteiger partial charge in [0, 0.05) is 22.9 Å². The van der Waals surface area contributed by atoms with Crippen molar-refractivity contribution in [2.45, 2.75) is 25.4 Å². The van der Waals surface area contributed by atoms with E-state index in [1.807, 2.05) is 30.3 Å². The van der Waals surface area contributed by atoms with Crippen LogP contribution in [0.5, 0.6) is 5.75 Å². The molecule has 0 heterocycles. The van der Waals surface area contributed by atoms with Gasteiger partial charge in [-0.2, -0.15) is 0 Å². The molecule has 0 radical (unpaired) electrons. The van der Waals surface area contributed by atoms with Gasteiger partial charge in [0.1, 0.15) is 12.4 Å². The summed E-state index contributed by atoms with van der Waals surface area (Å²) in [5.74, 6) is -1.05. The van der Waals surface area contributed by atoms with Crippen molar-refractivity contribution in [1.29, 1.82) is 0 Å². The summed E-state index contributed by atoms with van der Waals surface area (Å²) in [7, 11) is 0. The predicted octanol–water partition coefficient (Wildman–Crippen LogP) is 5.75. The number of aliphatic carboxylic acids is 1. The fourth-order valence-electron chi connectivity index (χ4n) is 3.09. The highest BCUT2D eigenvalue weighted by atomic mass is 35.5. The average Bonchev–Trinajstić information content (AvgIpc) is 2.74. The van der Waals surface area contributed by atoms with Crippen molar-refractivity contribution in [2.75, 3.05) is 0 Å². The Morgan fingerprint density at radius 2 is 1.66 bits per heavy atom. The largest absolute Gasteiger partial charge is 0.489 e. The number of carbonyl (C=O) groups excluding carboxylic acids is 1. The minimum absolute atomic E-state index is 0.0940. The Kier molecular flexibility index (Phi) is 7.04. The summed E-state index contributed by atoms with van der Waals surface area (Å²) in [4.78, 5) is 24.3. The fourth-order valence-corrected chi connectivity index (χ4v) is 3.22. The third kappa shape index (κ3) is 5.93. The standard InChI is InChI=1S/C24H21ClO4/c25-20-11-9-18(10-12-20)22(13-14-23(26)27)24(28)19-7-4-8-21(15-19)29-16-17-5-2-1-3-6-17/h1-12,15,22H,13-14,16H2,(H,26,27)/t22-/m0/s1. The summed E-state index contributed by atoms with van der Waals surface area (Å²) < 4.78 is 5.82.